The molecular weight excluding hydrogens is 613 g/mol. The van der Waals surface area contributed by atoms with Crippen LogP contribution in [0, 0.1) is 0 Å². The average molecular weight is 635 g/mol. The van der Waals surface area contributed by atoms with Gasteiger partial charge < -0.3 is 29.0 Å². The number of ether oxygens (including phenoxy) is 1. The topological polar surface area (TPSA) is 204 Å². The Balaban J connectivity index is 1.38. The molecule has 1 fully saturated rings. The number of pyridine rings is 1. The molecule has 4 aromatic heterocycles. The number of alkyl halides is 1. The number of fused-ring (bicyclic) bond motifs is 6. The Labute approximate surface area is 233 Å². The number of rotatable bonds is 1. The molecule has 16 nitrogen and oxygen atoms in total. The second-order valence-electron chi connectivity index (χ2n) is 8.74. The summed E-state index contributed by atoms with van der Waals surface area (Å²) in [6.07, 6.45) is -2.12. The molecule has 4 aromatic rings. The summed E-state index contributed by atoms with van der Waals surface area (Å²) in [4.78, 5) is 41.7. The summed E-state index contributed by atoms with van der Waals surface area (Å²) in [5.74, 6) is 0.0835. The molecule has 0 amide bonds. The van der Waals surface area contributed by atoms with E-state index < -0.39 is 50.3 Å². The van der Waals surface area contributed by atoms with Crippen LogP contribution in [0.15, 0.2) is 29.6 Å². The summed E-state index contributed by atoms with van der Waals surface area (Å²) >= 11 is 9.16. The third kappa shape index (κ3) is 5.34. The molecule has 0 spiro atoms. The van der Waals surface area contributed by atoms with Gasteiger partial charge in [0.1, 0.15) is 30.2 Å². The van der Waals surface area contributed by atoms with Crippen LogP contribution < -0.4 is 11.3 Å². The van der Waals surface area contributed by atoms with Crippen molar-refractivity contribution in [3.8, 4) is 0 Å². The minimum atomic E-state index is -4.28. The predicted molar refractivity (Wildman–Crippen MR) is 144 cm³/mol. The third-order valence-corrected chi connectivity index (χ3v) is 9.41. The van der Waals surface area contributed by atoms with E-state index in [1.165, 1.54) is 17.1 Å². The summed E-state index contributed by atoms with van der Waals surface area (Å²) in [6, 6.07) is 1.71. The van der Waals surface area contributed by atoms with Crippen molar-refractivity contribution in [1.29, 1.82) is 0 Å². The Kier molecular flexibility index (Phi) is 7.31. The van der Waals surface area contributed by atoms with Crippen LogP contribution in [0.4, 0.5) is 10.3 Å². The molecule has 40 heavy (non-hydrogen) atoms. The molecule has 214 valence electrons. The highest BCUT2D eigenvalue weighted by Crippen LogP contribution is 2.57. The maximum absolute atomic E-state index is 15.8. The van der Waals surface area contributed by atoms with Gasteiger partial charge in [0, 0.05) is 12.7 Å². The molecule has 6 rings (SSSR count). The van der Waals surface area contributed by atoms with Crippen molar-refractivity contribution in [3.05, 3.63) is 41.0 Å². The summed E-state index contributed by atoms with van der Waals surface area (Å²) in [6.45, 7) is -8.94. The molecule has 0 radical (unpaired) electrons. The van der Waals surface area contributed by atoms with Crippen LogP contribution in [0.3, 0.4) is 0 Å². The SMILES string of the molecule is Nc1nc2c(ncn2[C@H]2O[C@@H]3COP(O)(=S)OCCn4c(nc5cnccc54)COP(=O)(S)O[C@@H]2[C@H]3F)c(=O)[nH]1. The number of hydrogen-bond acceptors (Lipinski definition) is 13. The van der Waals surface area contributed by atoms with Crippen molar-refractivity contribution in [2.75, 3.05) is 18.9 Å². The fourth-order valence-corrected chi connectivity index (χ4v) is 6.96. The molecule has 0 saturated carbocycles. The smallest absolute Gasteiger partial charge is 0.369 e. The largest absolute Gasteiger partial charge is 0.387 e. The van der Waals surface area contributed by atoms with Gasteiger partial charge in [-0.3, -0.25) is 28.4 Å². The molecule has 21 heteroatoms. The predicted octanol–water partition coefficient (Wildman–Crippen LogP) is 1.59. The first-order valence-corrected chi connectivity index (χ1v) is 16.9. The zero-order valence-electron chi connectivity index (χ0n) is 20.1. The van der Waals surface area contributed by atoms with Crippen molar-refractivity contribution in [1.82, 2.24) is 34.1 Å². The highest BCUT2D eigenvalue weighted by Gasteiger charge is 2.51. The van der Waals surface area contributed by atoms with Gasteiger partial charge in [0.25, 0.3) is 5.56 Å². The first-order valence-electron chi connectivity index (χ1n) is 11.6. The zero-order chi connectivity index (χ0) is 28.2. The number of imidazole rings is 2. The number of nitrogen functional groups attached to an aromatic ring is 1. The summed E-state index contributed by atoms with van der Waals surface area (Å²) in [7, 11) is 0. The van der Waals surface area contributed by atoms with Gasteiger partial charge in [-0.15, -0.1) is 0 Å². The molecule has 4 N–H and O–H groups in total. The maximum Gasteiger partial charge on any atom is 0.387 e. The number of thiol groups is 1. The van der Waals surface area contributed by atoms with E-state index in [0.29, 0.717) is 16.9 Å². The van der Waals surface area contributed by atoms with Crippen LogP contribution in [-0.2, 0) is 52.4 Å². The van der Waals surface area contributed by atoms with E-state index in [2.05, 4.69) is 37.2 Å². The molecule has 2 aliphatic rings. The summed E-state index contributed by atoms with van der Waals surface area (Å²) in [5.41, 5.74) is 6.07. The number of anilines is 1. The Morgan fingerprint density at radius 1 is 1.30 bits per heavy atom. The molecule has 2 bridgehead atoms. The Morgan fingerprint density at radius 3 is 2.95 bits per heavy atom. The van der Waals surface area contributed by atoms with Crippen LogP contribution in [0.2, 0.25) is 0 Å². The maximum atomic E-state index is 15.8. The lowest BCUT2D eigenvalue weighted by Crippen LogP contribution is -2.32. The number of nitrogens with two attached hydrogens (primary N) is 1. The van der Waals surface area contributed by atoms with Crippen molar-refractivity contribution < 1.29 is 36.7 Å². The molecule has 0 aliphatic carbocycles. The number of hydrogen-bond donors (Lipinski definition) is 4. The van der Waals surface area contributed by atoms with Crippen LogP contribution in [-0.4, -0.2) is 70.5 Å². The van der Waals surface area contributed by atoms with Crippen molar-refractivity contribution in [2.45, 2.75) is 37.8 Å². The second kappa shape index (κ2) is 10.5. The van der Waals surface area contributed by atoms with Crippen molar-refractivity contribution in [2.24, 2.45) is 0 Å². The van der Waals surface area contributed by atoms with Crippen molar-refractivity contribution >= 4 is 65.7 Å². The first-order chi connectivity index (χ1) is 19.0. The van der Waals surface area contributed by atoms with Crippen LogP contribution in [0.1, 0.15) is 12.1 Å². The lowest BCUT2D eigenvalue weighted by molar-refractivity contribution is -0.0453. The van der Waals surface area contributed by atoms with Gasteiger partial charge >= 0.3 is 13.5 Å². The normalized spacial score (nSPS) is 32.1. The Bertz CT molecular complexity index is 1750. The quantitative estimate of drug-likeness (QED) is 0.174. The van der Waals surface area contributed by atoms with Gasteiger partial charge in [-0.05, 0) is 17.9 Å². The van der Waals surface area contributed by atoms with Crippen LogP contribution >= 0.6 is 25.8 Å². The number of H-pyrrole nitrogens is 1. The third-order valence-electron chi connectivity index (χ3n) is 6.20. The lowest BCUT2D eigenvalue weighted by Gasteiger charge is -2.24. The monoisotopic (exact) mass is 634 g/mol. The van der Waals surface area contributed by atoms with Crippen LogP contribution in [0.25, 0.3) is 22.2 Å². The van der Waals surface area contributed by atoms with E-state index in [0.717, 1.165) is 0 Å². The van der Waals surface area contributed by atoms with E-state index in [1.54, 1.807) is 16.8 Å². The summed E-state index contributed by atoms with van der Waals surface area (Å²) < 4.78 is 59.8. The van der Waals surface area contributed by atoms with Crippen molar-refractivity contribution in [3.63, 3.8) is 0 Å². The number of halogens is 1. The highest BCUT2D eigenvalue weighted by molar-refractivity contribution is 8.44. The standard InChI is InChI=1S/C19H21FN8O8P2S2/c20-13-11-6-33-37(30,39)32-4-3-27-10-1-2-22-5-9(10)24-12(27)7-34-38(31,40)36-15(13)18(35-11)28-8-23-14-16(28)25-19(21)26-17(14)29/h1-2,5,8,11,13,15,18H,3-4,6-7H2,(H,30,39)(H,31,40)(H3,21,25,26,29)/t11-,13+,15-,18+,37?,38?/m1/s1. The fraction of sp³-hybridized carbons (Fsp3) is 0.421. The number of aromatic amines is 1. The van der Waals surface area contributed by atoms with Gasteiger partial charge in [-0.25, -0.2) is 18.9 Å². The van der Waals surface area contributed by atoms with E-state index in [4.69, 9.17) is 40.4 Å². The minimum Gasteiger partial charge on any atom is -0.369 e. The van der Waals surface area contributed by atoms with E-state index in [1.807, 2.05) is 0 Å². The van der Waals surface area contributed by atoms with E-state index in [9.17, 15) is 14.3 Å². The van der Waals surface area contributed by atoms with Gasteiger partial charge in [0.2, 0.25) is 5.95 Å². The van der Waals surface area contributed by atoms with Crippen LogP contribution in [0.5, 0.6) is 0 Å². The Morgan fingerprint density at radius 2 is 2.12 bits per heavy atom. The molecule has 6 heterocycles. The molecule has 2 unspecified atom stereocenters. The second-order valence-corrected chi connectivity index (χ2v) is 14.5. The van der Waals surface area contributed by atoms with Gasteiger partial charge in [0.15, 0.2) is 23.6 Å². The minimum absolute atomic E-state index is 0.0455. The summed E-state index contributed by atoms with van der Waals surface area (Å²) in [5, 5.41) is 0. The highest BCUT2D eigenvalue weighted by atomic mass is 32.7. The molecule has 6 atom stereocenters. The number of nitrogens with zero attached hydrogens (tertiary/aromatic N) is 6. The number of nitrogens with one attached hydrogen (secondary N) is 1. The zero-order valence-corrected chi connectivity index (χ0v) is 23.6. The Hall–Kier alpha value is -2.31. The molecule has 0 aromatic carbocycles. The first kappa shape index (κ1) is 27.8. The molecule has 1 saturated heterocycles. The molecular formula is C19H21FN8O8P2S2. The fourth-order valence-electron chi connectivity index (χ4n) is 4.46. The molecule has 2 aliphatic heterocycles. The van der Waals surface area contributed by atoms with E-state index >= 15 is 4.39 Å². The average Bonchev–Trinajstić information content (AvgIpc) is 3.55. The van der Waals surface area contributed by atoms with Gasteiger partial charge in [-0.2, -0.15) is 4.98 Å². The lowest BCUT2D eigenvalue weighted by atomic mass is 10.1. The number of aromatic nitrogens is 7. The van der Waals surface area contributed by atoms with E-state index in [-0.39, 0.29) is 36.9 Å². The van der Waals surface area contributed by atoms with Gasteiger partial charge in [-0.1, -0.05) is 12.2 Å². The van der Waals surface area contributed by atoms with Gasteiger partial charge in [0.05, 0.1) is 31.3 Å².